The van der Waals surface area contributed by atoms with Crippen LogP contribution in [0, 0.1) is 0 Å². The first kappa shape index (κ1) is 10.1. The maximum absolute atomic E-state index is 10.4. The zero-order valence-corrected chi connectivity index (χ0v) is 8.12. The molecule has 0 aliphatic rings. The molecule has 0 aromatic carbocycles. The Morgan fingerprint density at radius 1 is 1.38 bits per heavy atom. The highest BCUT2D eigenvalue weighted by molar-refractivity contribution is 7.84. The van der Waals surface area contributed by atoms with Crippen LogP contribution in [0.1, 0.15) is 12.5 Å². The Morgan fingerprint density at radius 3 is 2.31 bits per heavy atom. The molecule has 5 heteroatoms. The molecule has 1 heterocycles. The summed E-state index contributed by atoms with van der Waals surface area (Å²) in [4.78, 5) is 0. The summed E-state index contributed by atoms with van der Waals surface area (Å²) in [6.45, 7) is 2.80. The van der Waals surface area contributed by atoms with E-state index in [9.17, 15) is 13.0 Å². The fourth-order valence-corrected chi connectivity index (χ4v) is 1.60. The van der Waals surface area contributed by atoms with E-state index >= 15 is 0 Å². The second-order valence-electron chi connectivity index (χ2n) is 2.74. The van der Waals surface area contributed by atoms with Gasteiger partial charge in [0, 0.05) is 12.1 Å². The molecule has 0 spiro atoms. The van der Waals surface area contributed by atoms with Gasteiger partial charge in [0.25, 0.3) is 0 Å². The molecule has 0 aliphatic heterocycles. The van der Waals surface area contributed by atoms with Crippen LogP contribution in [-0.4, -0.2) is 13.0 Å². The smallest absolute Gasteiger partial charge is 0.169 e. The minimum atomic E-state index is -4.16. The Balaban J connectivity index is 2.81. The summed E-state index contributed by atoms with van der Waals surface area (Å²) < 4.78 is 33.1. The molecule has 0 amide bonds. The predicted molar refractivity (Wildman–Crippen MR) is 45.7 cm³/mol. The molecule has 0 unspecified atom stereocenters. The average molecular weight is 201 g/mol. The van der Waals surface area contributed by atoms with Gasteiger partial charge in [-0.1, -0.05) is 0 Å². The maximum Gasteiger partial charge on any atom is 0.169 e. The van der Waals surface area contributed by atoms with Crippen molar-refractivity contribution in [2.45, 2.75) is 19.2 Å². The van der Waals surface area contributed by atoms with Crippen molar-refractivity contribution in [2.75, 3.05) is 0 Å². The van der Waals surface area contributed by atoms with Crippen LogP contribution in [0.5, 0.6) is 0 Å². The average Bonchev–Trinajstić information content (AvgIpc) is 2.03. The van der Waals surface area contributed by atoms with Gasteiger partial charge in [0.2, 0.25) is 0 Å². The van der Waals surface area contributed by atoms with Crippen molar-refractivity contribution in [3.05, 3.63) is 30.1 Å². The molecule has 0 fully saturated rings. The van der Waals surface area contributed by atoms with Crippen LogP contribution < -0.4 is 4.57 Å². The van der Waals surface area contributed by atoms with Gasteiger partial charge < -0.3 is 4.55 Å². The third-order valence-electron chi connectivity index (χ3n) is 1.67. The molecule has 1 aromatic heterocycles. The number of aromatic nitrogens is 1. The highest BCUT2D eigenvalue weighted by Gasteiger charge is 2.01. The van der Waals surface area contributed by atoms with Crippen molar-refractivity contribution < 1.29 is 17.5 Å². The summed E-state index contributed by atoms with van der Waals surface area (Å²) in [5, 5.41) is 0. The molecular formula is C8H11NO3S. The van der Waals surface area contributed by atoms with E-state index in [-0.39, 0.29) is 0 Å². The number of nitrogens with zero attached hydrogens (tertiary/aromatic N) is 1. The third kappa shape index (κ3) is 3.52. The lowest BCUT2D eigenvalue weighted by Crippen LogP contribution is -2.30. The molecule has 0 bridgehead atoms. The molecular weight excluding hydrogens is 190 g/mol. The molecule has 0 radical (unpaired) electrons. The lowest BCUT2D eigenvalue weighted by atomic mass is 10.3. The van der Waals surface area contributed by atoms with Gasteiger partial charge in [-0.05, 0) is 12.5 Å². The summed E-state index contributed by atoms with van der Waals surface area (Å²) >= 11 is 0. The molecule has 0 N–H and O–H groups in total. The van der Waals surface area contributed by atoms with Crippen LogP contribution >= 0.6 is 0 Å². The SMILES string of the molecule is CC[n+]1ccc(CS(=O)(=O)[O-])cc1. The molecule has 0 aliphatic carbocycles. The van der Waals surface area contributed by atoms with Crippen molar-refractivity contribution in [1.29, 1.82) is 0 Å². The van der Waals surface area contributed by atoms with Crippen molar-refractivity contribution in [3.63, 3.8) is 0 Å². The lowest BCUT2D eigenvalue weighted by molar-refractivity contribution is -0.693. The van der Waals surface area contributed by atoms with Crippen LogP contribution in [0.3, 0.4) is 0 Å². The molecule has 0 saturated heterocycles. The fraction of sp³-hybridized carbons (Fsp3) is 0.375. The van der Waals surface area contributed by atoms with Gasteiger partial charge in [0.1, 0.15) is 6.54 Å². The van der Waals surface area contributed by atoms with Crippen LogP contribution in [0.25, 0.3) is 0 Å². The fourth-order valence-electron chi connectivity index (χ4n) is 0.999. The summed E-state index contributed by atoms with van der Waals surface area (Å²) in [6.07, 6.45) is 3.50. The van der Waals surface area contributed by atoms with E-state index in [1.54, 1.807) is 24.5 Å². The molecule has 0 atom stereocenters. The van der Waals surface area contributed by atoms with Gasteiger partial charge in [-0.3, -0.25) is 0 Å². The summed E-state index contributed by atoms with van der Waals surface area (Å²) in [7, 11) is -4.16. The Bertz CT molecular complexity index is 369. The normalized spacial score (nSPS) is 11.5. The largest absolute Gasteiger partial charge is 0.748 e. The highest BCUT2D eigenvalue weighted by Crippen LogP contribution is 2.00. The number of rotatable bonds is 3. The van der Waals surface area contributed by atoms with Gasteiger partial charge in [-0.25, -0.2) is 13.0 Å². The van der Waals surface area contributed by atoms with Crippen molar-refractivity contribution in [1.82, 2.24) is 0 Å². The van der Waals surface area contributed by atoms with Gasteiger partial charge in [-0.2, -0.15) is 0 Å². The first-order chi connectivity index (χ1) is 6.01. The quantitative estimate of drug-likeness (QED) is 0.512. The number of aryl methyl sites for hydroxylation is 1. The standard InChI is InChI=1S/C8H11NO3S/c1-2-9-5-3-8(4-6-9)7-13(10,11)12/h3-6H,2,7H2,1H3. The summed E-state index contributed by atoms with van der Waals surface area (Å²) in [5.41, 5.74) is 0.528. The van der Waals surface area contributed by atoms with Crippen LogP contribution in [0.2, 0.25) is 0 Å². The van der Waals surface area contributed by atoms with E-state index in [0.717, 1.165) is 6.54 Å². The molecule has 4 nitrogen and oxygen atoms in total. The number of pyridine rings is 1. The predicted octanol–water partition coefficient (Wildman–Crippen LogP) is 0.0392. The minimum absolute atomic E-state index is 0.433. The van der Waals surface area contributed by atoms with E-state index < -0.39 is 15.9 Å². The molecule has 13 heavy (non-hydrogen) atoms. The number of hydrogen-bond acceptors (Lipinski definition) is 3. The topological polar surface area (TPSA) is 61.1 Å². The first-order valence-corrected chi connectivity index (χ1v) is 5.50. The van der Waals surface area contributed by atoms with Crippen molar-refractivity contribution >= 4 is 10.1 Å². The minimum Gasteiger partial charge on any atom is -0.748 e. The van der Waals surface area contributed by atoms with Gasteiger partial charge in [-0.15, -0.1) is 0 Å². The molecule has 72 valence electrons. The summed E-state index contributed by atoms with van der Waals surface area (Å²) in [6, 6.07) is 3.28. The monoisotopic (exact) mass is 201 g/mol. The van der Waals surface area contributed by atoms with Gasteiger partial charge >= 0.3 is 0 Å². The van der Waals surface area contributed by atoms with Crippen LogP contribution in [0.4, 0.5) is 0 Å². The Labute approximate surface area is 77.6 Å². The maximum atomic E-state index is 10.4. The zero-order chi connectivity index (χ0) is 9.90. The van der Waals surface area contributed by atoms with E-state index in [0.29, 0.717) is 5.56 Å². The summed E-state index contributed by atoms with van der Waals surface area (Å²) in [5.74, 6) is -0.433. The molecule has 1 aromatic rings. The lowest BCUT2D eigenvalue weighted by Gasteiger charge is -2.05. The zero-order valence-electron chi connectivity index (χ0n) is 7.30. The Kier molecular flexibility index (Phi) is 3.00. The second kappa shape index (κ2) is 3.85. The first-order valence-electron chi connectivity index (χ1n) is 3.93. The number of hydrogen-bond donors (Lipinski definition) is 0. The second-order valence-corrected chi connectivity index (χ2v) is 4.14. The molecule has 1 rings (SSSR count). The van der Waals surface area contributed by atoms with Crippen LogP contribution in [0.15, 0.2) is 24.5 Å². The van der Waals surface area contributed by atoms with E-state index in [4.69, 9.17) is 0 Å². The van der Waals surface area contributed by atoms with Crippen molar-refractivity contribution in [2.24, 2.45) is 0 Å². The van der Waals surface area contributed by atoms with E-state index in [1.807, 2.05) is 11.5 Å². The molecule has 0 saturated carbocycles. The highest BCUT2D eigenvalue weighted by atomic mass is 32.2. The third-order valence-corrected chi connectivity index (χ3v) is 2.36. The van der Waals surface area contributed by atoms with Crippen molar-refractivity contribution in [3.8, 4) is 0 Å². The van der Waals surface area contributed by atoms with Gasteiger partial charge in [0.15, 0.2) is 12.4 Å². The Hall–Kier alpha value is -0.940. The van der Waals surface area contributed by atoms with Crippen LogP contribution in [-0.2, 0) is 22.4 Å². The van der Waals surface area contributed by atoms with Gasteiger partial charge in [0.05, 0.1) is 15.9 Å². The van der Waals surface area contributed by atoms with E-state index in [1.165, 1.54) is 0 Å². The Morgan fingerprint density at radius 2 is 1.92 bits per heavy atom. The van der Waals surface area contributed by atoms with E-state index in [2.05, 4.69) is 0 Å².